The number of hydrogen-bond acceptors (Lipinski definition) is 7. The van der Waals surface area contributed by atoms with Gasteiger partial charge in [-0.15, -0.1) is 0 Å². The van der Waals surface area contributed by atoms with Gasteiger partial charge in [0.25, 0.3) is 0 Å². The molecule has 2 aromatic rings. The van der Waals surface area contributed by atoms with Crippen molar-refractivity contribution in [2.75, 3.05) is 10.6 Å². The summed E-state index contributed by atoms with van der Waals surface area (Å²) in [5, 5.41) is 18.0. The van der Waals surface area contributed by atoms with Crippen LogP contribution in [0.2, 0.25) is 5.02 Å². The molecule has 0 radical (unpaired) electrons. The topological polar surface area (TPSA) is 146 Å². The lowest BCUT2D eigenvalue weighted by Gasteiger charge is -2.23. The van der Waals surface area contributed by atoms with Crippen LogP contribution in [-0.4, -0.2) is 21.8 Å². The highest BCUT2D eigenvalue weighted by Gasteiger charge is 2.22. The van der Waals surface area contributed by atoms with Crippen LogP contribution in [0, 0.1) is 17.2 Å². The zero-order valence-electron chi connectivity index (χ0n) is 17.4. The molecule has 5 N–H and O–H groups in total. The zero-order chi connectivity index (χ0) is 24.1. The number of allylic oxidation sites excluding steroid dienone is 3. The quantitative estimate of drug-likeness (QED) is 0.454. The molecule has 1 aliphatic rings. The summed E-state index contributed by atoms with van der Waals surface area (Å²) in [4.78, 5) is 31.7. The first kappa shape index (κ1) is 23.4. The molecule has 0 saturated carbocycles. The minimum Gasteiger partial charge on any atom is -0.366 e. The largest absolute Gasteiger partial charge is 0.366 e. The summed E-state index contributed by atoms with van der Waals surface area (Å²) in [5.74, 6) is -1.71. The van der Waals surface area contributed by atoms with Crippen LogP contribution in [0.25, 0.3) is 0 Å². The van der Waals surface area contributed by atoms with Crippen molar-refractivity contribution in [3.05, 3.63) is 76.5 Å². The van der Waals surface area contributed by atoms with Gasteiger partial charge in [0.1, 0.15) is 16.9 Å². The van der Waals surface area contributed by atoms with Crippen molar-refractivity contribution in [3.63, 3.8) is 0 Å². The Balaban J connectivity index is 1.95. The van der Waals surface area contributed by atoms with Crippen LogP contribution >= 0.6 is 11.6 Å². The Morgan fingerprint density at radius 3 is 2.82 bits per heavy atom. The summed E-state index contributed by atoms with van der Waals surface area (Å²) in [6.45, 7) is 5.09. The number of carbonyl (C=O) groups is 2. The normalized spacial score (nSPS) is 15.2. The summed E-state index contributed by atoms with van der Waals surface area (Å²) < 4.78 is 14.1. The first-order valence-corrected chi connectivity index (χ1v) is 10.0. The molecule has 11 heteroatoms. The summed E-state index contributed by atoms with van der Waals surface area (Å²) in [6, 6.07) is 6.29. The summed E-state index contributed by atoms with van der Waals surface area (Å²) in [7, 11) is 0. The van der Waals surface area contributed by atoms with Crippen molar-refractivity contribution in [2.24, 2.45) is 11.7 Å². The zero-order valence-corrected chi connectivity index (χ0v) is 18.2. The maximum atomic E-state index is 14.1. The molecule has 1 aliphatic carbocycles. The predicted molar refractivity (Wildman–Crippen MR) is 122 cm³/mol. The van der Waals surface area contributed by atoms with Crippen molar-refractivity contribution < 1.29 is 14.0 Å². The van der Waals surface area contributed by atoms with E-state index in [4.69, 9.17) is 17.3 Å². The van der Waals surface area contributed by atoms with Crippen molar-refractivity contribution in [1.29, 1.82) is 5.26 Å². The number of hydrogen-bond donors (Lipinski definition) is 4. The van der Waals surface area contributed by atoms with Gasteiger partial charge in [0.05, 0.1) is 23.1 Å². The van der Waals surface area contributed by atoms with Crippen LogP contribution in [0.3, 0.4) is 0 Å². The Hall–Kier alpha value is -4.23. The number of nitrogens with one attached hydrogen (secondary N) is 3. The van der Waals surface area contributed by atoms with Crippen LogP contribution < -0.4 is 21.7 Å². The number of nitrogens with zero attached hydrogens (tertiary/aromatic N) is 3. The Morgan fingerprint density at radius 2 is 2.15 bits per heavy atom. The first-order chi connectivity index (χ1) is 15.7. The Morgan fingerprint density at radius 1 is 1.39 bits per heavy atom. The van der Waals surface area contributed by atoms with Gasteiger partial charge in [-0.2, -0.15) is 10.2 Å². The lowest BCUT2D eigenvalue weighted by molar-refractivity contribution is -0.115. The summed E-state index contributed by atoms with van der Waals surface area (Å²) >= 11 is 6.25. The lowest BCUT2D eigenvalue weighted by Crippen LogP contribution is -2.26. The van der Waals surface area contributed by atoms with Gasteiger partial charge < -0.3 is 21.7 Å². The second-order valence-corrected chi connectivity index (χ2v) is 7.50. The second kappa shape index (κ2) is 9.93. The molecule has 0 bridgehead atoms. The molecule has 3 rings (SSSR count). The standard InChI is InChI=1S/C22H19ClFN7O2/c1-3-19(32)28-18-8-15(24)11(2)6-17(18)29-21-14(23)10-27-22(31-21)30-16-7-12(20(26)33)4-5-13(16)9-25/h3-5,7-8,10-11H,1,6H2,2H3,(H2,26,33)(H,28,32)(H2,27,29,30,31). The maximum Gasteiger partial charge on any atom is 0.248 e. The first-order valence-electron chi connectivity index (χ1n) is 9.66. The minimum absolute atomic E-state index is 0.0721. The van der Waals surface area contributed by atoms with Crippen molar-refractivity contribution in [2.45, 2.75) is 13.3 Å². The number of benzene rings is 1. The van der Waals surface area contributed by atoms with Gasteiger partial charge >= 0.3 is 0 Å². The Kier molecular flexibility index (Phi) is 7.05. The van der Waals surface area contributed by atoms with Crippen LogP contribution in [0.15, 0.2) is 60.3 Å². The van der Waals surface area contributed by atoms with Gasteiger partial charge in [-0.25, -0.2) is 9.37 Å². The van der Waals surface area contributed by atoms with E-state index in [1.165, 1.54) is 30.5 Å². The van der Waals surface area contributed by atoms with Crippen LogP contribution in [0.4, 0.5) is 21.8 Å². The molecular weight excluding hydrogens is 449 g/mol. The fraction of sp³-hybridized carbons (Fsp3) is 0.136. The highest BCUT2D eigenvalue weighted by molar-refractivity contribution is 6.32. The van der Waals surface area contributed by atoms with E-state index in [2.05, 4.69) is 32.5 Å². The molecule has 2 amide bonds. The van der Waals surface area contributed by atoms with Gasteiger partial charge in [-0.3, -0.25) is 9.59 Å². The van der Waals surface area contributed by atoms with E-state index in [9.17, 15) is 19.2 Å². The van der Waals surface area contributed by atoms with E-state index in [1.807, 2.05) is 6.07 Å². The average molecular weight is 468 g/mol. The monoisotopic (exact) mass is 467 g/mol. The van der Waals surface area contributed by atoms with E-state index in [1.54, 1.807) is 6.92 Å². The smallest absolute Gasteiger partial charge is 0.248 e. The van der Waals surface area contributed by atoms with Crippen LogP contribution in [0.1, 0.15) is 29.3 Å². The van der Waals surface area contributed by atoms with E-state index in [-0.39, 0.29) is 51.5 Å². The van der Waals surface area contributed by atoms with E-state index in [0.29, 0.717) is 5.70 Å². The van der Waals surface area contributed by atoms with E-state index >= 15 is 0 Å². The fourth-order valence-corrected chi connectivity index (χ4v) is 3.11. The fourth-order valence-electron chi connectivity index (χ4n) is 2.97. The molecule has 0 fully saturated rings. The third-order valence-electron chi connectivity index (χ3n) is 4.72. The van der Waals surface area contributed by atoms with Gasteiger partial charge in [-0.05, 0) is 36.8 Å². The predicted octanol–water partition coefficient (Wildman–Crippen LogP) is 3.66. The molecule has 1 heterocycles. The third kappa shape index (κ3) is 5.53. The van der Waals surface area contributed by atoms with Crippen LogP contribution in [0.5, 0.6) is 0 Å². The van der Waals surface area contributed by atoms with E-state index < -0.39 is 17.7 Å². The van der Waals surface area contributed by atoms with Crippen molar-refractivity contribution >= 4 is 40.9 Å². The number of nitrogens with two attached hydrogens (primary N) is 1. The molecule has 1 aromatic heterocycles. The molecular formula is C22H19ClFN7O2. The average Bonchev–Trinajstić information content (AvgIpc) is 2.79. The maximum absolute atomic E-state index is 14.1. The third-order valence-corrected chi connectivity index (χ3v) is 4.99. The summed E-state index contributed by atoms with van der Waals surface area (Å²) in [6.07, 6.45) is 3.87. The number of halogens is 2. The number of carbonyl (C=O) groups excluding carboxylic acids is 2. The molecule has 0 saturated heterocycles. The van der Waals surface area contributed by atoms with Crippen molar-refractivity contribution in [1.82, 2.24) is 15.3 Å². The number of nitriles is 1. The van der Waals surface area contributed by atoms with Gasteiger partial charge in [0, 0.05) is 17.2 Å². The number of rotatable bonds is 7. The molecule has 1 unspecified atom stereocenters. The Bertz CT molecular complexity index is 1250. The van der Waals surface area contributed by atoms with Crippen molar-refractivity contribution in [3.8, 4) is 6.07 Å². The lowest BCUT2D eigenvalue weighted by atomic mass is 9.97. The van der Waals surface area contributed by atoms with Gasteiger partial charge in [0.2, 0.25) is 17.8 Å². The highest BCUT2D eigenvalue weighted by Crippen LogP contribution is 2.31. The molecule has 0 aliphatic heterocycles. The second-order valence-electron chi connectivity index (χ2n) is 7.10. The SMILES string of the molecule is C=CC(=O)NC1=C(Nc2nc(Nc3cc(C(N)=O)ccc3C#N)ncc2Cl)CC(C)C(F)=C1. The number of aromatic nitrogens is 2. The molecule has 168 valence electrons. The number of amides is 2. The Labute approximate surface area is 193 Å². The molecule has 0 spiro atoms. The number of primary amides is 1. The number of anilines is 3. The summed E-state index contributed by atoms with van der Waals surface area (Å²) in [5.41, 5.74) is 6.73. The molecule has 33 heavy (non-hydrogen) atoms. The van der Waals surface area contributed by atoms with E-state index in [0.717, 1.165) is 6.08 Å². The van der Waals surface area contributed by atoms with Gasteiger partial charge in [-0.1, -0.05) is 25.1 Å². The molecule has 1 aromatic carbocycles. The van der Waals surface area contributed by atoms with Gasteiger partial charge in [0.15, 0.2) is 5.82 Å². The highest BCUT2D eigenvalue weighted by atomic mass is 35.5. The molecule has 1 atom stereocenters. The van der Waals surface area contributed by atoms with Crippen LogP contribution in [-0.2, 0) is 4.79 Å². The minimum atomic E-state index is -0.658. The molecule has 9 nitrogen and oxygen atoms in total.